The molecule has 5 nitrogen and oxygen atoms in total. The zero-order chi connectivity index (χ0) is 20.8. The molecular formula is C16H7Cl7N2O3. The van der Waals surface area contributed by atoms with E-state index in [1.165, 1.54) is 12.1 Å². The van der Waals surface area contributed by atoms with Crippen LogP contribution in [0, 0.1) is 11.8 Å². The number of nitrogens with one attached hydrogen (secondary N) is 1. The minimum atomic E-state index is -2.03. The highest BCUT2D eigenvalue weighted by Gasteiger charge is 2.87. The van der Waals surface area contributed by atoms with Crippen molar-refractivity contribution >= 4 is 98.9 Å². The maximum absolute atomic E-state index is 13.0. The van der Waals surface area contributed by atoms with Gasteiger partial charge < -0.3 is 0 Å². The van der Waals surface area contributed by atoms with Gasteiger partial charge in [0.1, 0.15) is 9.75 Å². The lowest BCUT2D eigenvalue weighted by Crippen LogP contribution is -2.54. The highest BCUT2D eigenvalue weighted by Crippen LogP contribution is 2.77. The Hall–Kier alpha value is -0.400. The molecule has 12 heteroatoms. The van der Waals surface area contributed by atoms with Crippen molar-refractivity contribution in [3.05, 3.63) is 44.9 Å². The highest BCUT2D eigenvalue weighted by atomic mass is 35.5. The fraction of sp³-hybridized carbons (Fsp3) is 0.312. The van der Waals surface area contributed by atoms with E-state index >= 15 is 0 Å². The molecule has 148 valence electrons. The second kappa shape index (κ2) is 6.30. The Labute approximate surface area is 193 Å². The molecule has 1 saturated carbocycles. The van der Waals surface area contributed by atoms with Gasteiger partial charge >= 0.3 is 0 Å². The highest BCUT2D eigenvalue weighted by molar-refractivity contribution is 6.66. The fourth-order valence-corrected chi connectivity index (χ4v) is 7.06. The van der Waals surface area contributed by atoms with Gasteiger partial charge in [-0.15, -0.1) is 23.2 Å². The van der Waals surface area contributed by atoms with Crippen molar-refractivity contribution in [1.29, 1.82) is 0 Å². The van der Waals surface area contributed by atoms with E-state index in [0.29, 0.717) is 5.01 Å². The van der Waals surface area contributed by atoms with Crippen LogP contribution < -0.4 is 5.43 Å². The number of halogens is 7. The number of hydrazine groups is 1. The van der Waals surface area contributed by atoms with Crippen molar-refractivity contribution in [2.45, 2.75) is 14.1 Å². The van der Waals surface area contributed by atoms with Crippen LogP contribution >= 0.6 is 81.2 Å². The number of allylic oxidation sites excluding steroid dienone is 2. The van der Waals surface area contributed by atoms with Gasteiger partial charge in [-0.2, -0.15) is 5.01 Å². The van der Waals surface area contributed by atoms with Crippen LogP contribution in [-0.4, -0.2) is 36.8 Å². The van der Waals surface area contributed by atoms with Gasteiger partial charge in [-0.05, 0) is 12.1 Å². The molecule has 0 radical (unpaired) electrons. The Balaban J connectivity index is 1.74. The number of hydrogen-bond acceptors (Lipinski definition) is 3. The van der Waals surface area contributed by atoms with Crippen molar-refractivity contribution in [3.8, 4) is 0 Å². The summed E-state index contributed by atoms with van der Waals surface area (Å²) in [5, 5.41) is 0.239. The molecule has 1 aromatic carbocycles. The van der Waals surface area contributed by atoms with Crippen molar-refractivity contribution in [2.75, 3.05) is 0 Å². The number of rotatable bonds is 2. The second-order valence-electron chi connectivity index (χ2n) is 6.51. The molecule has 2 aliphatic carbocycles. The van der Waals surface area contributed by atoms with Crippen LogP contribution in [-0.2, 0) is 9.59 Å². The Morgan fingerprint density at radius 1 is 0.893 bits per heavy atom. The standard InChI is InChI=1S/C16H7Cl7N2O3/c17-6-4-2-1-3-5(6)11(26)24-25-12(27)7-8(13(25)28)15(21)10(19)9(18)14(7,20)16(15,22)23/h1-4,7-8H,(H,24,26)/t7-,8-,14-,15-/m1/s1. The van der Waals surface area contributed by atoms with E-state index in [2.05, 4.69) is 5.43 Å². The predicted octanol–water partition coefficient (Wildman–Crippen LogP) is 4.43. The second-order valence-corrected chi connectivity index (χ2v) is 10.2. The molecule has 3 aliphatic rings. The summed E-state index contributed by atoms with van der Waals surface area (Å²) in [6.07, 6.45) is 0. The molecule has 0 unspecified atom stereocenters. The fourth-order valence-electron chi connectivity index (χ4n) is 3.91. The molecule has 2 bridgehead atoms. The Bertz CT molecular complexity index is 950. The third-order valence-electron chi connectivity index (χ3n) is 5.24. The van der Waals surface area contributed by atoms with Crippen molar-refractivity contribution in [2.24, 2.45) is 11.8 Å². The molecule has 1 aromatic rings. The summed E-state index contributed by atoms with van der Waals surface area (Å²) in [5.41, 5.74) is 2.29. The average molecular weight is 523 g/mol. The third-order valence-corrected chi connectivity index (χ3v) is 9.83. The summed E-state index contributed by atoms with van der Waals surface area (Å²) in [5.74, 6) is -5.15. The lowest BCUT2D eigenvalue weighted by Gasteiger charge is -2.34. The summed E-state index contributed by atoms with van der Waals surface area (Å²) >= 11 is 44.3. The minimum absolute atomic E-state index is 0.0594. The molecule has 1 aliphatic heterocycles. The first-order chi connectivity index (χ1) is 12.9. The topological polar surface area (TPSA) is 66.5 Å². The van der Waals surface area contributed by atoms with Crippen molar-refractivity contribution < 1.29 is 14.4 Å². The summed E-state index contributed by atoms with van der Waals surface area (Å²) in [6.45, 7) is 0. The van der Waals surface area contributed by atoms with E-state index in [4.69, 9.17) is 81.2 Å². The van der Waals surface area contributed by atoms with Crippen LogP contribution in [0.2, 0.25) is 5.02 Å². The van der Waals surface area contributed by atoms with Gasteiger partial charge in [0.25, 0.3) is 17.7 Å². The first-order valence-electron chi connectivity index (χ1n) is 7.67. The monoisotopic (exact) mass is 520 g/mol. The summed E-state index contributed by atoms with van der Waals surface area (Å²) in [4.78, 5) is 34.6. The van der Waals surface area contributed by atoms with E-state index in [1.54, 1.807) is 12.1 Å². The van der Waals surface area contributed by atoms with Crippen LogP contribution in [0.4, 0.5) is 0 Å². The van der Waals surface area contributed by atoms with Gasteiger partial charge in [0.2, 0.25) is 0 Å². The van der Waals surface area contributed by atoms with Crippen LogP contribution in [0.1, 0.15) is 10.4 Å². The Morgan fingerprint density at radius 2 is 1.36 bits per heavy atom. The number of carbonyl (C=O) groups excluding carboxylic acids is 3. The molecule has 0 spiro atoms. The quantitative estimate of drug-likeness (QED) is 0.461. The normalized spacial score (nSPS) is 35.6. The van der Waals surface area contributed by atoms with Gasteiger partial charge in [-0.3, -0.25) is 19.8 Å². The Kier molecular flexibility index (Phi) is 4.69. The SMILES string of the molecule is O=C(NN1C(=O)[C@H]2[C@H](C1=O)[C@@]1(Cl)C(Cl)=C(Cl)[C@@]2(Cl)C1(Cl)Cl)c1ccccc1Cl. The van der Waals surface area contributed by atoms with E-state index in [0.717, 1.165) is 0 Å². The molecular weight excluding hydrogens is 516 g/mol. The van der Waals surface area contributed by atoms with Gasteiger partial charge in [0, 0.05) is 0 Å². The van der Waals surface area contributed by atoms with Crippen LogP contribution in [0.5, 0.6) is 0 Å². The number of nitrogens with zero attached hydrogens (tertiary/aromatic N) is 1. The van der Waals surface area contributed by atoms with Crippen LogP contribution in [0.15, 0.2) is 34.3 Å². The zero-order valence-corrected chi connectivity index (χ0v) is 18.6. The molecule has 28 heavy (non-hydrogen) atoms. The van der Waals surface area contributed by atoms with E-state index in [-0.39, 0.29) is 20.7 Å². The lowest BCUT2D eigenvalue weighted by molar-refractivity contribution is -0.143. The lowest BCUT2D eigenvalue weighted by atomic mass is 9.84. The van der Waals surface area contributed by atoms with Crippen molar-refractivity contribution in [3.63, 3.8) is 0 Å². The van der Waals surface area contributed by atoms with E-state index in [1.807, 2.05) is 0 Å². The predicted molar refractivity (Wildman–Crippen MR) is 108 cm³/mol. The number of imide groups is 1. The Morgan fingerprint density at radius 3 is 1.82 bits per heavy atom. The summed E-state index contributed by atoms with van der Waals surface area (Å²) in [7, 11) is 0. The first-order valence-corrected chi connectivity index (χ1v) is 10.3. The number of amides is 3. The molecule has 0 aromatic heterocycles. The zero-order valence-electron chi connectivity index (χ0n) is 13.3. The number of benzene rings is 1. The molecule has 1 saturated heterocycles. The summed E-state index contributed by atoms with van der Waals surface area (Å²) in [6, 6.07) is 6.11. The van der Waals surface area contributed by atoms with Crippen LogP contribution in [0.25, 0.3) is 0 Å². The van der Waals surface area contributed by atoms with Gasteiger partial charge in [0.15, 0.2) is 4.33 Å². The molecule has 3 amide bonds. The van der Waals surface area contributed by atoms with Gasteiger partial charge in [-0.1, -0.05) is 70.1 Å². The third kappa shape index (κ3) is 2.16. The van der Waals surface area contributed by atoms with E-state index < -0.39 is 43.6 Å². The van der Waals surface area contributed by atoms with Gasteiger partial charge in [-0.25, -0.2) is 0 Å². The molecule has 4 rings (SSSR count). The number of hydrogen-bond donors (Lipinski definition) is 1. The molecule has 4 atom stereocenters. The number of fused-ring (bicyclic) bond motifs is 5. The first kappa shape index (κ1) is 20.9. The smallest absolute Gasteiger partial charge is 0.271 e. The molecule has 2 fully saturated rings. The average Bonchev–Trinajstić information content (AvgIpc) is 3.01. The summed E-state index contributed by atoms with van der Waals surface area (Å²) < 4.78 is -2.03. The maximum atomic E-state index is 13.0. The maximum Gasteiger partial charge on any atom is 0.271 e. The molecule has 1 heterocycles. The van der Waals surface area contributed by atoms with Crippen molar-refractivity contribution in [1.82, 2.24) is 10.4 Å². The van der Waals surface area contributed by atoms with Crippen LogP contribution in [0.3, 0.4) is 0 Å². The largest absolute Gasteiger partial charge is 0.272 e. The van der Waals surface area contributed by atoms with E-state index in [9.17, 15) is 14.4 Å². The molecule has 1 N–H and O–H groups in total. The number of alkyl halides is 4. The minimum Gasteiger partial charge on any atom is -0.272 e. The van der Waals surface area contributed by atoms with Gasteiger partial charge in [0.05, 0.1) is 32.5 Å². The number of carbonyl (C=O) groups is 3.